The van der Waals surface area contributed by atoms with Crippen molar-refractivity contribution in [3.8, 4) is 0 Å². The summed E-state index contributed by atoms with van der Waals surface area (Å²) in [6.45, 7) is 1.93. The monoisotopic (exact) mass is 448 g/mol. The van der Waals surface area contributed by atoms with Crippen LogP contribution in [-0.4, -0.2) is 45.0 Å². The minimum atomic E-state index is -0.664. The maximum atomic E-state index is 13.1. The van der Waals surface area contributed by atoms with E-state index in [1.807, 2.05) is 31.2 Å². The number of halogens is 1. The van der Waals surface area contributed by atoms with Crippen LogP contribution in [0.5, 0.6) is 0 Å². The van der Waals surface area contributed by atoms with E-state index in [0.29, 0.717) is 5.56 Å². The molecule has 0 radical (unpaired) electrons. The minimum Gasteiger partial charge on any atom is -0.387 e. The van der Waals surface area contributed by atoms with Crippen molar-refractivity contribution in [3.63, 3.8) is 0 Å². The average Bonchev–Trinajstić information content (AvgIpc) is 3.32. The standard InChI is InChI=1S/C26H29FN4O2/c1-17(24-16-28-13-14-29-24)31(2)26(33)20-5-3-18(4-6-20)15-22-11-12-23(30-22)25(32)19-7-9-21(27)10-8-19/h3-10,13-14,16-17,22-23,25,30,32H,11-12,15H2,1-2H3/t17?,22-,23+,25+/m0/s1. The molecule has 6 nitrogen and oxygen atoms in total. The molecular weight excluding hydrogens is 419 g/mol. The molecular formula is C26H29FN4O2. The van der Waals surface area contributed by atoms with Crippen LogP contribution < -0.4 is 5.32 Å². The quantitative estimate of drug-likeness (QED) is 0.574. The Bertz CT molecular complexity index is 1060. The lowest BCUT2D eigenvalue weighted by Gasteiger charge is -2.24. The van der Waals surface area contributed by atoms with Crippen LogP contribution in [0.1, 0.15) is 59.1 Å². The third-order valence-corrected chi connectivity index (χ3v) is 6.46. The normalized spacial score (nSPS) is 19.8. The van der Waals surface area contributed by atoms with Crippen molar-refractivity contribution in [1.29, 1.82) is 0 Å². The van der Waals surface area contributed by atoms with Gasteiger partial charge in [0.25, 0.3) is 5.91 Å². The summed E-state index contributed by atoms with van der Waals surface area (Å²) in [5, 5.41) is 14.1. The molecule has 172 valence electrons. The van der Waals surface area contributed by atoms with Gasteiger partial charge in [0, 0.05) is 37.1 Å². The number of carbonyl (C=O) groups is 1. The van der Waals surface area contributed by atoms with E-state index in [2.05, 4.69) is 15.3 Å². The van der Waals surface area contributed by atoms with Gasteiger partial charge in [0.2, 0.25) is 0 Å². The number of hydrogen-bond donors (Lipinski definition) is 2. The summed E-state index contributed by atoms with van der Waals surface area (Å²) in [5.74, 6) is -0.374. The highest BCUT2D eigenvalue weighted by atomic mass is 19.1. The van der Waals surface area contributed by atoms with Crippen LogP contribution in [0.4, 0.5) is 4.39 Å². The van der Waals surface area contributed by atoms with Gasteiger partial charge >= 0.3 is 0 Å². The average molecular weight is 449 g/mol. The van der Waals surface area contributed by atoms with Crippen LogP contribution in [0.3, 0.4) is 0 Å². The highest BCUT2D eigenvalue weighted by molar-refractivity contribution is 5.94. The van der Waals surface area contributed by atoms with Crippen molar-refractivity contribution in [3.05, 3.63) is 95.3 Å². The number of rotatable bonds is 7. The zero-order valence-electron chi connectivity index (χ0n) is 18.9. The molecule has 0 saturated carbocycles. The molecule has 1 unspecified atom stereocenters. The number of benzene rings is 2. The van der Waals surface area contributed by atoms with Crippen LogP contribution in [0, 0.1) is 5.82 Å². The van der Waals surface area contributed by atoms with Crippen molar-refractivity contribution < 1.29 is 14.3 Å². The molecule has 0 bridgehead atoms. The maximum absolute atomic E-state index is 13.1. The minimum absolute atomic E-state index is 0.0578. The van der Waals surface area contributed by atoms with Crippen LogP contribution in [0.25, 0.3) is 0 Å². The summed E-state index contributed by atoms with van der Waals surface area (Å²) >= 11 is 0. The fourth-order valence-electron chi connectivity index (χ4n) is 4.32. The summed E-state index contributed by atoms with van der Waals surface area (Å²) in [4.78, 5) is 22.9. The molecule has 1 aromatic heterocycles. The van der Waals surface area contributed by atoms with Crippen molar-refractivity contribution in [2.75, 3.05) is 7.05 Å². The van der Waals surface area contributed by atoms with E-state index in [1.165, 1.54) is 12.1 Å². The molecule has 1 fully saturated rings. The van der Waals surface area contributed by atoms with Crippen molar-refractivity contribution >= 4 is 5.91 Å². The third kappa shape index (κ3) is 5.43. The number of nitrogens with zero attached hydrogens (tertiary/aromatic N) is 3. The van der Waals surface area contributed by atoms with Gasteiger partial charge in [0.1, 0.15) is 5.82 Å². The highest BCUT2D eigenvalue weighted by Crippen LogP contribution is 2.27. The second kappa shape index (κ2) is 10.2. The molecule has 3 aromatic rings. The lowest BCUT2D eigenvalue weighted by atomic mass is 10.0. The summed E-state index contributed by atoms with van der Waals surface area (Å²) in [7, 11) is 1.77. The van der Waals surface area contributed by atoms with Gasteiger partial charge in [0.15, 0.2) is 0 Å². The molecule has 1 aliphatic rings. The topological polar surface area (TPSA) is 78.4 Å². The first-order valence-electron chi connectivity index (χ1n) is 11.2. The van der Waals surface area contributed by atoms with Crippen LogP contribution in [0.15, 0.2) is 67.1 Å². The van der Waals surface area contributed by atoms with Crippen molar-refractivity contribution in [1.82, 2.24) is 20.2 Å². The molecule has 4 atom stereocenters. The summed E-state index contributed by atoms with van der Waals surface area (Å²) in [6, 6.07) is 13.7. The largest absolute Gasteiger partial charge is 0.387 e. The Morgan fingerprint density at radius 1 is 1.15 bits per heavy atom. The fourth-order valence-corrected chi connectivity index (χ4v) is 4.32. The van der Waals surface area contributed by atoms with Gasteiger partial charge in [-0.3, -0.25) is 14.8 Å². The highest BCUT2D eigenvalue weighted by Gasteiger charge is 2.30. The molecule has 2 aromatic carbocycles. The van der Waals surface area contributed by atoms with Gasteiger partial charge in [-0.15, -0.1) is 0 Å². The molecule has 0 aliphatic carbocycles. The first kappa shape index (κ1) is 23.0. The first-order chi connectivity index (χ1) is 15.9. The Hall–Kier alpha value is -3.16. The van der Waals surface area contributed by atoms with Crippen LogP contribution >= 0.6 is 0 Å². The Labute approximate surface area is 193 Å². The third-order valence-electron chi connectivity index (χ3n) is 6.46. The fraction of sp³-hybridized carbons (Fsp3) is 0.346. The predicted octanol–water partition coefficient (Wildman–Crippen LogP) is 3.85. The van der Waals surface area contributed by atoms with Gasteiger partial charge in [-0.25, -0.2) is 4.39 Å². The van der Waals surface area contributed by atoms with E-state index in [4.69, 9.17) is 0 Å². The Kier molecular flexibility index (Phi) is 7.11. The summed E-state index contributed by atoms with van der Waals surface area (Å²) in [6.07, 6.45) is 6.86. The Balaban J connectivity index is 1.33. The number of nitrogens with one attached hydrogen (secondary N) is 1. The SMILES string of the molecule is CC(c1cnccn1)N(C)C(=O)c1ccc(C[C@@H]2CC[C@H]([C@H](O)c3ccc(F)cc3)N2)cc1. The molecule has 1 amide bonds. The number of aromatic nitrogens is 2. The lowest BCUT2D eigenvalue weighted by Crippen LogP contribution is -2.35. The lowest BCUT2D eigenvalue weighted by molar-refractivity contribution is 0.0739. The van der Waals surface area contributed by atoms with Gasteiger partial charge in [-0.2, -0.15) is 0 Å². The molecule has 1 saturated heterocycles. The van der Waals surface area contributed by atoms with Crippen LogP contribution in [-0.2, 0) is 6.42 Å². The van der Waals surface area contributed by atoms with Crippen LogP contribution in [0.2, 0.25) is 0 Å². The van der Waals surface area contributed by atoms with E-state index in [9.17, 15) is 14.3 Å². The van der Waals surface area contributed by atoms with E-state index in [1.54, 1.807) is 42.7 Å². The Morgan fingerprint density at radius 2 is 1.88 bits per heavy atom. The maximum Gasteiger partial charge on any atom is 0.254 e. The van der Waals surface area contributed by atoms with Gasteiger partial charge in [-0.1, -0.05) is 24.3 Å². The number of aliphatic hydroxyl groups excluding tert-OH is 1. The number of carbonyl (C=O) groups excluding carboxylic acids is 1. The second-order valence-corrected chi connectivity index (χ2v) is 8.67. The molecule has 2 N–H and O–H groups in total. The zero-order valence-corrected chi connectivity index (χ0v) is 18.9. The van der Waals surface area contributed by atoms with E-state index in [0.717, 1.165) is 36.1 Å². The number of amides is 1. The second-order valence-electron chi connectivity index (χ2n) is 8.67. The van der Waals surface area contributed by atoms with E-state index < -0.39 is 6.10 Å². The molecule has 4 rings (SSSR count). The molecule has 0 spiro atoms. The molecule has 1 aliphatic heterocycles. The number of hydrogen-bond acceptors (Lipinski definition) is 5. The van der Waals surface area contributed by atoms with Crippen molar-refractivity contribution in [2.24, 2.45) is 0 Å². The van der Waals surface area contributed by atoms with Gasteiger partial charge in [-0.05, 0) is 61.6 Å². The molecule has 33 heavy (non-hydrogen) atoms. The van der Waals surface area contributed by atoms with E-state index in [-0.39, 0.29) is 29.8 Å². The van der Waals surface area contributed by atoms with E-state index >= 15 is 0 Å². The smallest absolute Gasteiger partial charge is 0.254 e. The summed E-state index contributed by atoms with van der Waals surface area (Å²) < 4.78 is 13.1. The predicted molar refractivity (Wildman–Crippen MR) is 124 cm³/mol. The zero-order chi connectivity index (χ0) is 23.4. The first-order valence-corrected chi connectivity index (χ1v) is 11.2. The molecule has 2 heterocycles. The van der Waals surface area contributed by atoms with Gasteiger partial charge in [0.05, 0.1) is 24.0 Å². The number of aliphatic hydroxyl groups is 1. The molecule has 7 heteroatoms. The van der Waals surface area contributed by atoms with Crippen molar-refractivity contribution in [2.45, 2.75) is 50.4 Å². The van der Waals surface area contributed by atoms with Gasteiger partial charge < -0.3 is 15.3 Å². The Morgan fingerprint density at radius 3 is 2.55 bits per heavy atom. The summed E-state index contributed by atoms with van der Waals surface area (Å²) in [5.41, 5.74) is 3.22.